The van der Waals surface area contributed by atoms with Crippen molar-refractivity contribution in [3.8, 4) is 6.07 Å². The Kier molecular flexibility index (Phi) is 6.17. The van der Waals surface area contributed by atoms with Gasteiger partial charge in [0, 0.05) is 28.8 Å². The molecule has 2 rings (SSSR count). The lowest BCUT2D eigenvalue weighted by atomic mass is 10.0. The van der Waals surface area contributed by atoms with E-state index in [1.807, 2.05) is 26.8 Å². The molecular weight excluding hydrogens is 343 g/mol. The normalized spacial score (nSPS) is 15.1. The summed E-state index contributed by atoms with van der Waals surface area (Å²) in [4.78, 5) is 16.8. The van der Waals surface area contributed by atoms with Gasteiger partial charge in [0.15, 0.2) is 0 Å². The maximum atomic E-state index is 14.0. The number of hydrogen-bond donors (Lipinski definition) is 2. The number of carbonyl (C=O) groups is 1. The van der Waals surface area contributed by atoms with Crippen LogP contribution in [0.1, 0.15) is 51.7 Å². The molecule has 1 aliphatic rings. The van der Waals surface area contributed by atoms with Crippen molar-refractivity contribution in [1.29, 1.82) is 5.26 Å². The van der Waals surface area contributed by atoms with Gasteiger partial charge >= 0.3 is 0 Å². The number of aliphatic imine (C=N–C) groups is 1. The standard InChI is InChI=1S/C21H25FN4O/c1-13(2)18(14(3)19(24-5)26-21(4)8-9-21)20(27)25-12-16-7-6-15(11-23)10-17(16)22/h6-7,10,26H,5,8-9,12H2,1-4H3,(H,25,27)/b19-14-. The Balaban J connectivity index is 2.19. The van der Waals surface area contributed by atoms with Crippen LogP contribution in [0.25, 0.3) is 0 Å². The van der Waals surface area contributed by atoms with Crippen molar-refractivity contribution < 1.29 is 9.18 Å². The maximum Gasteiger partial charge on any atom is 0.251 e. The highest BCUT2D eigenvalue weighted by molar-refractivity contribution is 5.98. The Hall–Kier alpha value is -2.94. The smallest absolute Gasteiger partial charge is 0.251 e. The zero-order valence-corrected chi connectivity index (χ0v) is 16.2. The van der Waals surface area contributed by atoms with Crippen LogP contribution >= 0.6 is 0 Å². The number of allylic oxidation sites excluding steroid dienone is 1. The predicted octanol–water partition coefficient (Wildman–Crippen LogP) is 3.72. The number of amides is 1. The van der Waals surface area contributed by atoms with E-state index < -0.39 is 5.82 Å². The molecule has 0 aromatic heterocycles. The van der Waals surface area contributed by atoms with Gasteiger partial charge in [-0.05, 0) is 59.4 Å². The van der Waals surface area contributed by atoms with Gasteiger partial charge in [-0.25, -0.2) is 9.38 Å². The fraction of sp³-hybridized carbons (Fsp3) is 0.381. The van der Waals surface area contributed by atoms with Crippen LogP contribution in [0.3, 0.4) is 0 Å². The number of nitrogens with zero attached hydrogens (tertiary/aromatic N) is 2. The lowest BCUT2D eigenvalue weighted by Crippen LogP contribution is -2.30. The van der Waals surface area contributed by atoms with Gasteiger partial charge in [0.1, 0.15) is 11.6 Å². The summed E-state index contributed by atoms with van der Waals surface area (Å²) in [5, 5.41) is 14.9. The Morgan fingerprint density at radius 3 is 2.52 bits per heavy atom. The van der Waals surface area contributed by atoms with E-state index in [4.69, 9.17) is 5.26 Å². The van der Waals surface area contributed by atoms with Gasteiger partial charge in [0.25, 0.3) is 5.91 Å². The van der Waals surface area contributed by atoms with Crippen molar-refractivity contribution in [1.82, 2.24) is 10.6 Å². The van der Waals surface area contributed by atoms with Crippen molar-refractivity contribution >= 4 is 12.6 Å². The van der Waals surface area contributed by atoms with Crippen molar-refractivity contribution in [3.63, 3.8) is 0 Å². The minimum Gasteiger partial charge on any atom is -0.365 e. The summed E-state index contributed by atoms with van der Waals surface area (Å²) in [6, 6.07) is 6.08. The summed E-state index contributed by atoms with van der Waals surface area (Å²) in [5.41, 5.74) is 2.61. The van der Waals surface area contributed by atoms with Crippen LogP contribution in [0.2, 0.25) is 0 Å². The predicted molar refractivity (Wildman–Crippen MR) is 104 cm³/mol. The first-order valence-corrected chi connectivity index (χ1v) is 8.81. The van der Waals surface area contributed by atoms with Gasteiger partial charge in [-0.2, -0.15) is 5.26 Å². The summed E-state index contributed by atoms with van der Waals surface area (Å²) >= 11 is 0. The third kappa shape index (κ3) is 5.04. The molecule has 0 bridgehead atoms. The number of hydrogen-bond acceptors (Lipinski definition) is 4. The second-order valence-electron chi connectivity index (χ2n) is 7.29. The molecule has 1 aliphatic carbocycles. The first-order chi connectivity index (χ1) is 12.7. The average Bonchev–Trinajstić information content (AvgIpc) is 3.35. The van der Waals surface area contributed by atoms with Gasteiger partial charge in [0.05, 0.1) is 11.6 Å². The van der Waals surface area contributed by atoms with E-state index in [-0.39, 0.29) is 23.6 Å². The minimum atomic E-state index is -0.517. The molecule has 142 valence electrons. The molecule has 27 heavy (non-hydrogen) atoms. The molecule has 1 saturated carbocycles. The highest BCUT2D eigenvalue weighted by Gasteiger charge is 2.38. The number of halogens is 1. The van der Waals surface area contributed by atoms with Crippen LogP contribution in [0.5, 0.6) is 0 Å². The number of carbonyl (C=O) groups excluding carboxylic acids is 1. The monoisotopic (exact) mass is 368 g/mol. The van der Waals surface area contributed by atoms with Crippen LogP contribution in [0, 0.1) is 17.1 Å². The van der Waals surface area contributed by atoms with Crippen LogP contribution in [0.4, 0.5) is 4.39 Å². The Bertz CT molecular complexity index is 869. The molecule has 0 spiro atoms. The minimum absolute atomic E-state index is 0.00658. The van der Waals surface area contributed by atoms with E-state index in [1.165, 1.54) is 12.1 Å². The second-order valence-corrected chi connectivity index (χ2v) is 7.29. The molecular formula is C21H25FN4O. The molecule has 0 heterocycles. The maximum absolute atomic E-state index is 14.0. The molecule has 1 aromatic rings. The lowest BCUT2D eigenvalue weighted by molar-refractivity contribution is -0.117. The van der Waals surface area contributed by atoms with Crippen molar-refractivity contribution in [2.45, 2.75) is 52.6 Å². The van der Waals surface area contributed by atoms with E-state index in [2.05, 4.69) is 29.3 Å². The summed E-state index contributed by atoms with van der Waals surface area (Å²) in [6.45, 7) is 11.3. The zero-order valence-electron chi connectivity index (χ0n) is 16.2. The molecule has 1 amide bonds. The highest BCUT2D eigenvalue weighted by Crippen LogP contribution is 2.36. The molecule has 1 fully saturated rings. The van der Waals surface area contributed by atoms with Gasteiger partial charge in [-0.1, -0.05) is 11.6 Å². The third-order valence-corrected chi connectivity index (χ3v) is 4.66. The van der Waals surface area contributed by atoms with E-state index in [1.54, 1.807) is 0 Å². The molecule has 6 heteroatoms. The third-order valence-electron chi connectivity index (χ3n) is 4.66. The van der Waals surface area contributed by atoms with Crippen LogP contribution in [0.15, 0.2) is 45.7 Å². The molecule has 2 N–H and O–H groups in total. The number of benzene rings is 1. The summed E-state index contributed by atoms with van der Waals surface area (Å²) in [5.74, 6) is -0.233. The molecule has 0 unspecified atom stereocenters. The van der Waals surface area contributed by atoms with Gasteiger partial charge in [-0.15, -0.1) is 0 Å². The fourth-order valence-electron chi connectivity index (χ4n) is 2.77. The summed E-state index contributed by atoms with van der Waals surface area (Å²) in [7, 11) is 0. The molecule has 0 aliphatic heterocycles. The van der Waals surface area contributed by atoms with E-state index >= 15 is 0 Å². The first-order valence-electron chi connectivity index (χ1n) is 8.81. The Morgan fingerprint density at radius 1 is 1.37 bits per heavy atom. The van der Waals surface area contributed by atoms with Gasteiger partial charge < -0.3 is 10.6 Å². The summed E-state index contributed by atoms with van der Waals surface area (Å²) < 4.78 is 14.0. The van der Waals surface area contributed by atoms with Crippen molar-refractivity contribution in [2.24, 2.45) is 4.99 Å². The topological polar surface area (TPSA) is 77.3 Å². The molecule has 0 saturated heterocycles. The van der Waals surface area contributed by atoms with E-state index in [0.717, 1.165) is 24.5 Å². The molecule has 5 nitrogen and oxygen atoms in total. The fourth-order valence-corrected chi connectivity index (χ4v) is 2.77. The summed E-state index contributed by atoms with van der Waals surface area (Å²) in [6.07, 6.45) is 2.10. The largest absolute Gasteiger partial charge is 0.365 e. The van der Waals surface area contributed by atoms with Crippen LogP contribution < -0.4 is 10.6 Å². The van der Waals surface area contributed by atoms with Crippen molar-refractivity contribution in [3.05, 3.63) is 57.7 Å². The molecule has 1 aromatic carbocycles. The van der Waals surface area contributed by atoms with E-state index in [0.29, 0.717) is 22.5 Å². The lowest BCUT2D eigenvalue weighted by Gasteiger charge is -2.18. The Labute approximate surface area is 159 Å². The van der Waals surface area contributed by atoms with Gasteiger partial charge in [-0.3, -0.25) is 4.79 Å². The second kappa shape index (κ2) is 8.17. The average molecular weight is 368 g/mol. The van der Waals surface area contributed by atoms with Crippen LogP contribution in [-0.2, 0) is 11.3 Å². The quantitative estimate of drug-likeness (QED) is 0.437. The SMILES string of the molecule is C=N/C(NC1(C)CC1)=C(\C)C(C(=O)NCc1ccc(C#N)cc1F)=C(C)C. The van der Waals surface area contributed by atoms with E-state index in [9.17, 15) is 9.18 Å². The van der Waals surface area contributed by atoms with Crippen LogP contribution in [-0.4, -0.2) is 18.2 Å². The highest BCUT2D eigenvalue weighted by atomic mass is 19.1. The molecule has 0 atom stereocenters. The first kappa shape index (κ1) is 20.4. The van der Waals surface area contributed by atoms with Crippen molar-refractivity contribution in [2.75, 3.05) is 0 Å². The zero-order chi connectivity index (χ0) is 20.2. The number of rotatable bonds is 7. The number of nitriles is 1. The molecule has 0 radical (unpaired) electrons. The number of nitrogens with one attached hydrogen (secondary N) is 2. The van der Waals surface area contributed by atoms with Gasteiger partial charge in [0.2, 0.25) is 0 Å². The Morgan fingerprint density at radius 2 is 2.04 bits per heavy atom.